The van der Waals surface area contributed by atoms with Crippen LogP contribution in [0.4, 0.5) is 46.0 Å². The molecule has 12 N–H and O–H groups in total. The summed E-state index contributed by atoms with van der Waals surface area (Å²) >= 11 is 0. The zero-order valence-electron chi connectivity index (χ0n) is 61.9. The molecule has 8 aromatic rings. The lowest BCUT2D eigenvalue weighted by Crippen LogP contribution is -2.22. The SMILES string of the molecule is CC(=O)Nc1ncc(-c2ccc(N)cc2)nc1C1CCCCC1.CC(C)CC(=O)Nc1ncc(-c2ccc(N)cc2)nc1C1CCCCC1.CCC(C)C(=O)Nc1ncc(-c2ccc(N)cc2)nc1C1CCCCC1.Nc1ccc(-c2cnc(NC(=O)CC3CCCCC3)c(C3CCCCC3)n2)cc1. The van der Waals surface area contributed by atoms with Crippen LogP contribution in [0, 0.1) is 17.8 Å². The molecule has 4 aromatic heterocycles. The molecule has 550 valence electrons. The number of anilines is 8. The van der Waals surface area contributed by atoms with Crippen molar-refractivity contribution >= 4 is 69.6 Å². The zero-order chi connectivity index (χ0) is 73.3. The van der Waals surface area contributed by atoms with Crippen molar-refractivity contribution in [2.24, 2.45) is 17.8 Å². The van der Waals surface area contributed by atoms with Gasteiger partial charge in [0.15, 0.2) is 23.3 Å². The molecule has 4 amide bonds. The maximum Gasteiger partial charge on any atom is 0.228 e. The number of hydrogen-bond acceptors (Lipinski definition) is 16. The molecule has 5 saturated carbocycles. The average molecular weight is 1410 g/mol. The van der Waals surface area contributed by atoms with E-state index in [9.17, 15) is 19.2 Å². The maximum absolute atomic E-state index is 12.7. The number of nitrogen functional groups attached to an aromatic ring is 4. The first-order valence-electron chi connectivity index (χ1n) is 38.5. The molecule has 20 nitrogen and oxygen atoms in total. The first kappa shape index (κ1) is 76.9. The van der Waals surface area contributed by atoms with Crippen LogP contribution < -0.4 is 44.2 Å². The van der Waals surface area contributed by atoms with E-state index in [-0.39, 0.29) is 29.5 Å². The van der Waals surface area contributed by atoms with E-state index in [2.05, 4.69) is 41.2 Å². The summed E-state index contributed by atoms with van der Waals surface area (Å²) in [6.07, 6.45) is 38.6. The third kappa shape index (κ3) is 22.6. The van der Waals surface area contributed by atoms with Crippen molar-refractivity contribution in [3.05, 3.63) is 145 Å². The van der Waals surface area contributed by atoms with Crippen LogP contribution in [0.5, 0.6) is 0 Å². The highest BCUT2D eigenvalue weighted by Gasteiger charge is 2.29. The van der Waals surface area contributed by atoms with Crippen molar-refractivity contribution in [1.82, 2.24) is 39.9 Å². The van der Waals surface area contributed by atoms with Gasteiger partial charge in [-0.05, 0) is 131 Å². The van der Waals surface area contributed by atoms with Gasteiger partial charge in [-0.2, -0.15) is 0 Å². The number of carbonyl (C=O) groups is 4. The Morgan fingerprint density at radius 3 is 0.923 bits per heavy atom. The van der Waals surface area contributed by atoms with Crippen molar-refractivity contribution in [2.45, 2.75) is 238 Å². The Bertz CT molecular complexity index is 4060. The minimum absolute atomic E-state index is 0.00611. The van der Waals surface area contributed by atoms with Crippen LogP contribution >= 0.6 is 0 Å². The highest BCUT2D eigenvalue weighted by Crippen LogP contribution is 2.41. The Morgan fingerprint density at radius 2 is 0.644 bits per heavy atom. The van der Waals surface area contributed by atoms with Crippen molar-refractivity contribution in [3.63, 3.8) is 0 Å². The first-order valence-corrected chi connectivity index (χ1v) is 38.5. The number of nitrogens with zero attached hydrogens (tertiary/aromatic N) is 8. The summed E-state index contributed by atoms with van der Waals surface area (Å²) in [6.45, 7) is 9.53. The number of rotatable bonds is 18. The largest absolute Gasteiger partial charge is 0.399 e. The van der Waals surface area contributed by atoms with Gasteiger partial charge in [-0.1, -0.05) is 173 Å². The number of nitrogens with one attached hydrogen (secondary N) is 4. The normalized spacial score (nSPS) is 16.4. The molecule has 5 aliphatic rings. The first-order chi connectivity index (χ1) is 50.4. The fraction of sp³-hybridized carbons (Fsp3) is 0.476. The van der Waals surface area contributed by atoms with E-state index in [0.717, 1.165) is 148 Å². The van der Waals surface area contributed by atoms with Crippen LogP contribution in [0.3, 0.4) is 0 Å². The van der Waals surface area contributed by atoms with Crippen LogP contribution in [0.1, 0.15) is 261 Å². The van der Waals surface area contributed by atoms with Gasteiger partial charge in [0.25, 0.3) is 0 Å². The molecule has 13 rings (SSSR count). The van der Waals surface area contributed by atoms with Gasteiger partial charge in [-0.25, -0.2) is 39.9 Å². The Morgan fingerprint density at radius 1 is 0.375 bits per heavy atom. The number of aromatic nitrogens is 8. The standard InChI is InChI=1S/C24H32N4O.2C21H28N4O.C18H22N4O/c25-20-13-11-18(12-14-20)21-16-26-24(23(27-21)19-9-5-2-6-10-19)28-22(29)15-17-7-3-1-4-8-17;1-14(2)12-19(26)25-21-20(16-6-4-3-5-7-16)24-18(13-23-21)15-8-10-17(22)11-9-15;1-3-14(2)21(26)25-20-19(16-7-5-4-6-8-16)24-18(13-23-20)15-9-11-17(22)12-10-15;1-12(23)21-18-17(14-5-3-2-4-6-14)22-16(11-20-18)13-7-9-15(19)10-8-13/h11-14,16-17,19H,1-10,15,25H2,(H,26,28,29);8-11,13-14,16H,3-7,12,22H2,1-2H3,(H,23,25,26);9-14,16H,3-8,22H2,1-2H3,(H,23,25,26);7-11,14H,2-6,19H2,1H3,(H,20,21,23). The Kier molecular flexibility index (Phi) is 28.6. The fourth-order valence-corrected chi connectivity index (χ4v) is 14.8. The van der Waals surface area contributed by atoms with Crippen LogP contribution in [0.2, 0.25) is 0 Å². The summed E-state index contributed by atoms with van der Waals surface area (Å²) < 4.78 is 0. The van der Waals surface area contributed by atoms with E-state index in [1.807, 2.05) is 125 Å². The number of carbonyl (C=O) groups excluding carboxylic acids is 4. The molecule has 5 aliphatic carbocycles. The highest BCUT2D eigenvalue weighted by atomic mass is 16.2. The lowest BCUT2D eigenvalue weighted by molar-refractivity contribution is -0.119. The van der Waals surface area contributed by atoms with Gasteiger partial charge in [-0.3, -0.25) is 19.2 Å². The molecule has 0 saturated heterocycles. The molecule has 0 bridgehead atoms. The summed E-state index contributed by atoms with van der Waals surface area (Å²) in [6, 6.07) is 30.7. The molecule has 0 spiro atoms. The second kappa shape index (κ2) is 38.7. The molecular weight excluding hydrogens is 1300 g/mol. The summed E-state index contributed by atoms with van der Waals surface area (Å²) in [5, 5.41) is 11.9. The molecule has 1 atom stereocenters. The lowest BCUT2D eigenvalue weighted by atomic mass is 9.86. The van der Waals surface area contributed by atoms with E-state index >= 15 is 0 Å². The van der Waals surface area contributed by atoms with Gasteiger partial charge in [0, 0.05) is 94.4 Å². The van der Waals surface area contributed by atoms with Crippen LogP contribution in [-0.4, -0.2) is 63.5 Å². The predicted molar refractivity (Wildman–Crippen MR) is 421 cm³/mol. The maximum atomic E-state index is 12.7. The van der Waals surface area contributed by atoms with Crippen molar-refractivity contribution in [3.8, 4) is 45.0 Å². The topological polar surface area (TPSA) is 324 Å². The van der Waals surface area contributed by atoms with E-state index < -0.39 is 0 Å². The monoisotopic (exact) mass is 1410 g/mol. The van der Waals surface area contributed by atoms with Gasteiger partial charge in [0.1, 0.15) is 0 Å². The van der Waals surface area contributed by atoms with Crippen molar-refractivity contribution in [1.29, 1.82) is 0 Å². The summed E-state index contributed by atoms with van der Waals surface area (Å²) in [7, 11) is 0. The lowest BCUT2D eigenvalue weighted by Gasteiger charge is -2.24. The molecular formula is C84H110N16O4. The zero-order valence-corrected chi connectivity index (χ0v) is 61.9. The summed E-state index contributed by atoms with van der Waals surface area (Å²) in [5.41, 5.74) is 37.1. The minimum Gasteiger partial charge on any atom is -0.399 e. The van der Waals surface area contributed by atoms with Crippen molar-refractivity contribution < 1.29 is 19.2 Å². The van der Waals surface area contributed by atoms with E-state index in [1.165, 1.54) is 116 Å². The van der Waals surface area contributed by atoms with Crippen LogP contribution in [-0.2, 0) is 19.2 Å². The Labute approximate surface area is 615 Å². The van der Waals surface area contributed by atoms with E-state index in [4.69, 9.17) is 42.9 Å². The smallest absolute Gasteiger partial charge is 0.228 e. The van der Waals surface area contributed by atoms with E-state index in [1.54, 1.807) is 24.8 Å². The molecule has 20 heteroatoms. The average Bonchev–Trinajstić information content (AvgIpc) is 0.827. The number of amides is 4. The number of benzene rings is 4. The highest BCUT2D eigenvalue weighted by molar-refractivity contribution is 5.93. The molecule has 1 unspecified atom stereocenters. The Balaban J connectivity index is 0.000000149. The van der Waals surface area contributed by atoms with Gasteiger partial charge in [0.05, 0.1) is 70.3 Å². The van der Waals surface area contributed by atoms with Gasteiger partial charge >= 0.3 is 0 Å². The molecule has 4 heterocycles. The molecule has 0 radical (unpaired) electrons. The van der Waals surface area contributed by atoms with E-state index in [0.29, 0.717) is 71.6 Å². The third-order valence-corrected chi connectivity index (χ3v) is 20.9. The van der Waals surface area contributed by atoms with Gasteiger partial charge in [0.2, 0.25) is 23.6 Å². The second-order valence-electron chi connectivity index (χ2n) is 29.7. The van der Waals surface area contributed by atoms with Crippen LogP contribution in [0.15, 0.2) is 122 Å². The second-order valence-corrected chi connectivity index (χ2v) is 29.7. The summed E-state index contributed by atoms with van der Waals surface area (Å²) in [5.74, 6) is 4.76. The molecule has 104 heavy (non-hydrogen) atoms. The van der Waals surface area contributed by atoms with Crippen molar-refractivity contribution in [2.75, 3.05) is 44.2 Å². The molecule has 5 fully saturated rings. The quantitative estimate of drug-likeness (QED) is 0.0370. The minimum atomic E-state index is -0.114. The fourth-order valence-electron chi connectivity index (χ4n) is 14.8. The number of hydrogen-bond donors (Lipinski definition) is 8. The molecule has 4 aromatic carbocycles. The summed E-state index contributed by atoms with van der Waals surface area (Å²) in [4.78, 5) is 86.7. The van der Waals surface area contributed by atoms with Gasteiger partial charge < -0.3 is 44.2 Å². The van der Waals surface area contributed by atoms with Crippen LogP contribution in [0.25, 0.3) is 45.0 Å². The van der Waals surface area contributed by atoms with Gasteiger partial charge in [-0.15, -0.1) is 0 Å². The Hall–Kier alpha value is -9.72. The third-order valence-electron chi connectivity index (χ3n) is 20.9. The predicted octanol–water partition coefficient (Wildman–Crippen LogP) is 18.9. The molecule has 0 aliphatic heterocycles. The number of nitrogens with two attached hydrogens (primary N) is 4.